The van der Waals surface area contributed by atoms with Crippen LogP contribution in [-0.2, 0) is 6.54 Å². The van der Waals surface area contributed by atoms with Crippen LogP contribution in [0.15, 0.2) is 78.9 Å². The van der Waals surface area contributed by atoms with Crippen molar-refractivity contribution in [3.05, 3.63) is 113 Å². The summed E-state index contributed by atoms with van der Waals surface area (Å²) in [5.74, 6) is 0.0361. The molecular weight excluding hydrogens is 401 g/mol. The van der Waals surface area contributed by atoms with Crippen LogP contribution in [0.3, 0.4) is 0 Å². The Labute approximate surface area is 186 Å². The van der Waals surface area contributed by atoms with Crippen LogP contribution in [-0.4, -0.2) is 21.0 Å². The maximum absolute atomic E-state index is 13.5. The maximum atomic E-state index is 13.5. The lowest BCUT2D eigenvalue weighted by atomic mass is 9.93. The third-order valence-corrected chi connectivity index (χ3v) is 6.10. The van der Waals surface area contributed by atoms with Gasteiger partial charge >= 0.3 is 0 Å². The van der Waals surface area contributed by atoms with Gasteiger partial charge in [-0.2, -0.15) is 5.10 Å². The maximum Gasteiger partial charge on any atom is 0.273 e. The number of hydrogen-bond acceptors (Lipinski definition) is 2. The first-order valence-electron chi connectivity index (χ1n) is 10.8. The summed E-state index contributed by atoms with van der Waals surface area (Å²) in [6, 6.07) is 24.4. The molecule has 1 aliphatic rings. The molecule has 4 aromatic rings. The van der Waals surface area contributed by atoms with E-state index in [-0.39, 0.29) is 17.8 Å². The summed E-state index contributed by atoms with van der Waals surface area (Å²) in [4.78, 5) is 15.3. The van der Waals surface area contributed by atoms with Crippen LogP contribution >= 0.6 is 0 Å². The molecule has 1 N–H and O–H groups in total. The number of carbonyl (C=O) groups is 1. The molecule has 0 bridgehead atoms. The van der Waals surface area contributed by atoms with Crippen LogP contribution in [0.2, 0.25) is 0 Å². The lowest BCUT2D eigenvalue weighted by molar-refractivity contribution is 0.0730. The Bertz CT molecular complexity index is 1240. The first-order chi connectivity index (χ1) is 15.5. The Morgan fingerprint density at radius 1 is 0.969 bits per heavy atom. The van der Waals surface area contributed by atoms with Crippen molar-refractivity contribution >= 4 is 5.91 Å². The van der Waals surface area contributed by atoms with Crippen molar-refractivity contribution in [2.75, 3.05) is 0 Å². The molecular formula is C27H24FN3O. The molecule has 5 heteroatoms. The minimum Gasteiger partial charge on any atom is -0.322 e. The summed E-state index contributed by atoms with van der Waals surface area (Å²) in [6.45, 7) is 4.71. The van der Waals surface area contributed by atoms with E-state index in [9.17, 15) is 9.18 Å². The number of nitrogens with zero attached hydrogens (tertiary/aromatic N) is 2. The monoisotopic (exact) mass is 425 g/mol. The van der Waals surface area contributed by atoms with Gasteiger partial charge in [0.1, 0.15) is 11.5 Å². The molecule has 0 saturated heterocycles. The second-order valence-corrected chi connectivity index (χ2v) is 8.51. The fraction of sp³-hybridized carbons (Fsp3) is 0.185. The molecule has 5 rings (SSSR count). The molecule has 0 saturated carbocycles. The van der Waals surface area contributed by atoms with Crippen LogP contribution in [0.1, 0.15) is 58.5 Å². The van der Waals surface area contributed by atoms with Crippen molar-refractivity contribution in [1.82, 2.24) is 15.1 Å². The largest absolute Gasteiger partial charge is 0.322 e. The van der Waals surface area contributed by atoms with Crippen molar-refractivity contribution in [2.24, 2.45) is 0 Å². The van der Waals surface area contributed by atoms with E-state index in [0.717, 1.165) is 27.9 Å². The number of aromatic amines is 1. The summed E-state index contributed by atoms with van der Waals surface area (Å²) in [5.41, 5.74) is 6.31. The highest BCUT2D eigenvalue weighted by Crippen LogP contribution is 2.43. The van der Waals surface area contributed by atoms with E-state index in [1.165, 1.54) is 17.7 Å². The zero-order chi connectivity index (χ0) is 22.2. The summed E-state index contributed by atoms with van der Waals surface area (Å²) >= 11 is 0. The SMILES string of the molecule is CC(C)c1ccc(C2c3c(-c4ccccc4)n[nH]c3C(=O)N2Cc2ccc(F)cc2)cc1. The summed E-state index contributed by atoms with van der Waals surface area (Å²) in [7, 11) is 0. The molecule has 1 aliphatic heterocycles. The second-order valence-electron chi connectivity index (χ2n) is 8.51. The predicted molar refractivity (Wildman–Crippen MR) is 123 cm³/mol. The van der Waals surface area contributed by atoms with Crippen molar-refractivity contribution in [3.8, 4) is 11.3 Å². The number of fused-ring (bicyclic) bond motifs is 1. The van der Waals surface area contributed by atoms with Crippen LogP contribution in [0.4, 0.5) is 4.39 Å². The van der Waals surface area contributed by atoms with Gasteiger partial charge in [0.05, 0.1) is 11.7 Å². The molecule has 0 spiro atoms. The number of halogens is 1. The Morgan fingerprint density at radius 2 is 1.66 bits per heavy atom. The van der Waals surface area contributed by atoms with Gasteiger partial charge < -0.3 is 4.90 Å². The van der Waals surface area contributed by atoms with E-state index < -0.39 is 0 Å². The fourth-order valence-electron chi connectivity index (χ4n) is 4.37. The van der Waals surface area contributed by atoms with Gasteiger partial charge in [0.25, 0.3) is 5.91 Å². The fourth-order valence-corrected chi connectivity index (χ4v) is 4.37. The minimum absolute atomic E-state index is 0.100. The van der Waals surface area contributed by atoms with Gasteiger partial charge in [-0.3, -0.25) is 9.89 Å². The number of carbonyl (C=O) groups excluding carboxylic acids is 1. The molecule has 1 amide bonds. The minimum atomic E-state index is -0.289. The number of hydrogen-bond donors (Lipinski definition) is 1. The van der Waals surface area contributed by atoms with E-state index in [0.29, 0.717) is 18.2 Å². The quantitative estimate of drug-likeness (QED) is 0.421. The Hall–Kier alpha value is -3.73. The number of benzene rings is 3. The van der Waals surface area contributed by atoms with Crippen LogP contribution in [0.25, 0.3) is 11.3 Å². The van der Waals surface area contributed by atoms with Gasteiger partial charge in [0.2, 0.25) is 0 Å². The summed E-state index contributed by atoms with van der Waals surface area (Å²) in [6.07, 6.45) is 0. The van der Waals surface area contributed by atoms with Crippen LogP contribution < -0.4 is 0 Å². The first-order valence-corrected chi connectivity index (χ1v) is 10.8. The molecule has 2 heterocycles. The summed E-state index contributed by atoms with van der Waals surface area (Å²) in [5, 5.41) is 7.50. The number of rotatable bonds is 5. The van der Waals surface area contributed by atoms with Crippen LogP contribution in [0, 0.1) is 5.82 Å². The highest BCUT2D eigenvalue weighted by atomic mass is 19.1. The molecule has 0 fully saturated rings. The molecule has 1 atom stereocenters. The van der Waals surface area contributed by atoms with Gasteiger partial charge in [0, 0.05) is 17.7 Å². The highest BCUT2D eigenvalue weighted by molar-refractivity contribution is 6.00. The Kier molecular flexibility index (Phi) is 5.10. The topological polar surface area (TPSA) is 49.0 Å². The predicted octanol–water partition coefficient (Wildman–Crippen LogP) is 6.08. The van der Waals surface area contributed by atoms with E-state index in [2.05, 4.69) is 48.3 Å². The van der Waals surface area contributed by atoms with E-state index in [1.807, 2.05) is 35.2 Å². The zero-order valence-corrected chi connectivity index (χ0v) is 18.0. The first kappa shape index (κ1) is 20.2. The Morgan fingerprint density at radius 3 is 2.31 bits per heavy atom. The third-order valence-electron chi connectivity index (χ3n) is 6.10. The lowest BCUT2D eigenvalue weighted by Crippen LogP contribution is -2.29. The molecule has 1 aromatic heterocycles. The summed E-state index contributed by atoms with van der Waals surface area (Å²) < 4.78 is 13.4. The average Bonchev–Trinajstić information content (AvgIpc) is 3.35. The normalized spacial score (nSPS) is 15.4. The van der Waals surface area contributed by atoms with Crippen molar-refractivity contribution in [3.63, 3.8) is 0 Å². The molecule has 3 aromatic carbocycles. The van der Waals surface area contributed by atoms with Gasteiger partial charge in [-0.25, -0.2) is 4.39 Å². The Balaban J connectivity index is 1.62. The van der Waals surface area contributed by atoms with Gasteiger partial charge in [-0.15, -0.1) is 0 Å². The standard InChI is InChI=1S/C27H24FN3O/c1-17(2)19-10-12-21(13-11-19)26-23-24(20-6-4-3-5-7-20)29-30-25(23)27(32)31(26)16-18-8-14-22(28)15-9-18/h3-15,17,26H,16H2,1-2H3,(H,29,30). The van der Waals surface area contributed by atoms with Gasteiger partial charge in [-0.05, 0) is 34.7 Å². The van der Waals surface area contributed by atoms with Crippen molar-refractivity contribution in [2.45, 2.75) is 32.4 Å². The van der Waals surface area contributed by atoms with Gasteiger partial charge in [0.15, 0.2) is 0 Å². The van der Waals surface area contributed by atoms with Crippen molar-refractivity contribution in [1.29, 1.82) is 0 Å². The lowest BCUT2D eigenvalue weighted by Gasteiger charge is -2.27. The van der Waals surface area contributed by atoms with Crippen LogP contribution in [0.5, 0.6) is 0 Å². The number of amides is 1. The molecule has 0 radical (unpaired) electrons. The molecule has 160 valence electrons. The van der Waals surface area contributed by atoms with Crippen molar-refractivity contribution < 1.29 is 9.18 Å². The molecule has 4 nitrogen and oxygen atoms in total. The highest BCUT2D eigenvalue weighted by Gasteiger charge is 2.42. The van der Waals surface area contributed by atoms with E-state index in [4.69, 9.17) is 0 Å². The average molecular weight is 426 g/mol. The second kappa shape index (κ2) is 8.08. The molecule has 1 unspecified atom stereocenters. The van der Waals surface area contributed by atoms with E-state index in [1.54, 1.807) is 12.1 Å². The zero-order valence-electron chi connectivity index (χ0n) is 18.0. The molecule has 32 heavy (non-hydrogen) atoms. The molecule has 0 aliphatic carbocycles. The third kappa shape index (κ3) is 3.50. The smallest absolute Gasteiger partial charge is 0.273 e. The van der Waals surface area contributed by atoms with Gasteiger partial charge in [-0.1, -0.05) is 80.6 Å². The number of aromatic nitrogens is 2. The number of nitrogens with one attached hydrogen (secondary N) is 1. The number of H-pyrrole nitrogens is 1. The van der Waals surface area contributed by atoms with E-state index >= 15 is 0 Å².